The van der Waals surface area contributed by atoms with Gasteiger partial charge in [0.25, 0.3) is 0 Å². The number of rotatable bonds is 14. The zero-order chi connectivity index (χ0) is 24.0. The molecule has 0 aliphatic carbocycles. The van der Waals surface area contributed by atoms with E-state index in [4.69, 9.17) is 18.5 Å². The number of ether oxygens (including phenoxy) is 5. The first-order chi connectivity index (χ1) is 14.4. The Morgan fingerprint density at radius 1 is 0.839 bits per heavy atom. The quantitative estimate of drug-likeness (QED) is 0.158. The molecule has 31 heavy (non-hydrogen) atoms. The standard InChI is InChI=1S/C18H31O12P/c1-12(2)29-17(21)25-10-27-31(23,28-11-26-18(22)30-13(3)4)9-15(16(20)24-6)8-7-14(5)19/h12-13,15H,7-11H2,1-6H3. The van der Waals surface area contributed by atoms with Crippen LogP contribution in [0, 0.1) is 5.92 Å². The van der Waals surface area contributed by atoms with E-state index < -0.39 is 63.7 Å². The molecule has 0 saturated carbocycles. The third kappa shape index (κ3) is 14.5. The van der Waals surface area contributed by atoms with E-state index in [0.717, 1.165) is 7.11 Å². The van der Waals surface area contributed by atoms with E-state index in [1.165, 1.54) is 6.92 Å². The molecule has 0 aromatic carbocycles. The second-order valence-electron chi connectivity index (χ2n) is 6.87. The molecular formula is C18H31O12P. The number of carbonyl (C=O) groups is 4. The van der Waals surface area contributed by atoms with Crippen LogP contribution in [-0.2, 0) is 46.9 Å². The Bertz CT molecular complexity index is 613. The number of Topliss-reactive ketones (excluding diaryl/α,β-unsaturated/α-hetero) is 1. The molecule has 1 atom stereocenters. The molecule has 180 valence electrons. The molecule has 12 nitrogen and oxygen atoms in total. The minimum atomic E-state index is -4.16. The van der Waals surface area contributed by atoms with Gasteiger partial charge in [-0.25, -0.2) is 9.59 Å². The predicted molar refractivity (Wildman–Crippen MR) is 105 cm³/mol. The molecule has 13 heteroatoms. The molecule has 0 heterocycles. The Labute approximate surface area is 181 Å². The lowest BCUT2D eigenvalue weighted by atomic mass is 10.0. The van der Waals surface area contributed by atoms with E-state index in [2.05, 4.69) is 14.2 Å². The molecule has 0 aliphatic heterocycles. The lowest BCUT2D eigenvalue weighted by molar-refractivity contribution is -0.145. The number of esters is 1. The first-order valence-electron chi connectivity index (χ1n) is 9.50. The first-order valence-corrected chi connectivity index (χ1v) is 11.2. The molecule has 1 unspecified atom stereocenters. The van der Waals surface area contributed by atoms with E-state index in [9.17, 15) is 23.7 Å². The van der Waals surface area contributed by atoms with E-state index in [1.807, 2.05) is 0 Å². The zero-order valence-electron chi connectivity index (χ0n) is 18.6. The molecule has 0 N–H and O–H groups in total. The van der Waals surface area contributed by atoms with Crippen molar-refractivity contribution in [1.82, 2.24) is 0 Å². The fraction of sp³-hybridized carbons (Fsp3) is 0.778. The number of hydrogen-bond donors (Lipinski definition) is 0. The van der Waals surface area contributed by atoms with E-state index >= 15 is 0 Å². The van der Waals surface area contributed by atoms with Crippen molar-refractivity contribution < 1.29 is 56.5 Å². The van der Waals surface area contributed by atoms with Gasteiger partial charge < -0.3 is 28.5 Å². The van der Waals surface area contributed by atoms with Crippen LogP contribution >= 0.6 is 7.60 Å². The molecule has 0 bridgehead atoms. The summed E-state index contributed by atoms with van der Waals surface area (Å²) in [6.07, 6.45) is -3.52. The van der Waals surface area contributed by atoms with E-state index in [-0.39, 0.29) is 18.6 Å². The SMILES string of the molecule is COC(=O)C(CCC(C)=O)CP(=O)(OCOC(=O)OC(C)C)OCOC(=O)OC(C)C. The van der Waals surface area contributed by atoms with Gasteiger partial charge in [-0.3, -0.25) is 18.4 Å². The summed E-state index contributed by atoms with van der Waals surface area (Å²) in [5.41, 5.74) is 0. The summed E-state index contributed by atoms with van der Waals surface area (Å²) in [5.74, 6) is -1.95. The topological polar surface area (TPSA) is 150 Å². The van der Waals surface area contributed by atoms with Crippen molar-refractivity contribution in [3.8, 4) is 0 Å². The van der Waals surface area contributed by atoms with Crippen LogP contribution in [0.1, 0.15) is 47.5 Å². The van der Waals surface area contributed by atoms with Gasteiger partial charge in [0.2, 0.25) is 13.6 Å². The van der Waals surface area contributed by atoms with Crippen LogP contribution in [0.4, 0.5) is 9.59 Å². The van der Waals surface area contributed by atoms with Gasteiger partial charge >= 0.3 is 25.9 Å². The number of hydrogen-bond acceptors (Lipinski definition) is 12. The van der Waals surface area contributed by atoms with Gasteiger partial charge in [-0.2, -0.15) is 0 Å². The van der Waals surface area contributed by atoms with Crippen molar-refractivity contribution >= 4 is 31.7 Å². The summed E-state index contributed by atoms with van der Waals surface area (Å²) in [5, 5.41) is 0. The molecule has 0 amide bonds. The molecule has 0 fully saturated rings. The Hall–Kier alpha value is -2.17. The van der Waals surface area contributed by atoms with Crippen LogP contribution in [0.5, 0.6) is 0 Å². The molecule has 0 saturated heterocycles. The molecule has 0 aliphatic rings. The van der Waals surface area contributed by atoms with Crippen LogP contribution in [-0.4, -0.2) is 63.1 Å². The summed E-state index contributed by atoms with van der Waals surface area (Å²) in [6, 6.07) is 0. The average molecular weight is 470 g/mol. The highest BCUT2D eigenvalue weighted by atomic mass is 31.2. The molecule has 0 radical (unpaired) electrons. The average Bonchev–Trinajstić information content (AvgIpc) is 2.63. The summed E-state index contributed by atoms with van der Waals surface area (Å²) in [6.45, 7) is 6.09. The first kappa shape index (κ1) is 28.8. The van der Waals surface area contributed by atoms with Gasteiger partial charge in [-0.1, -0.05) is 0 Å². The fourth-order valence-electron chi connectivity index (χ4n) is 2.00. The smallest absolute Gasteiger partial charge is 0.469 e. The lowest BCUT2D eigenvalue weighted by Gasteiger charge is -2.22. The Kier molecular flexibility index (Phi) is 13.7. The summed E-state index contributed by atoms with van der Waals surface area (Å²) >= 11 is 0. The molecule has 0 aromatic rings. The predicted octanol–water partition coefficient (Wildman–Crippen LogP) is 3.41. The third-order valence-corrected chi connectivity index (χ3v) is 5.23. The zero-order valence-corrected chi connectivity index (χ0v) is 19.5. The van der Waals surface area contributed by atoms with Crippen LogP contribution in [0.15, 0.2) is 0 Å². The van der Waals surface area contributed by atoms with E-state index in [1.54, 1.807) is 27.7 Å². The number of carbonyl (C=O) groups excluding carboxylic acids is 4. The summed E-state index contributed by atoms with van der Waals surface area (Å²) in [7, 11) is -3.03. The van der Waals surface area contributed by atoms with Crippen LogP contribution in [0.25, 0.3) is 0 Å². The van der Waals surface area contributed by atoms with Crippen molar-refractivity contribution in [3.63, 3.8) is 0 Å². The number of ketones is 1. The highest BCUT2D eigenvalue weighted by molar-refractivity contribution is 7.53. The maximum atomic E-state index is 13.1. The van der Waals surface area contributed by atoms with E-state index in [0.29, 0.717) is 0 Å². The minimum absolute atomic E-state index is 0.0191. The molecular weight excluding hydrogens is 439 g/mol. The van der Waals surface area contributed by atoms with Gasteiger partial charge in [-0.05, 0) is 41.0 Å². The lowest BCUT2D eigenvalue weighted by Crippen LogP contribution is -2.23. The van der Waals surface area contributed by atoms with Gasteiger partial charge in [0.15, 0.2) is 0 Å². The second kappa shape index (κ2) is 14.8. The summed E-state index contributed by atoms with van der Waals surface area (Å²) in [4.78, 5) is 46.2. The van der Waals surface area contributed by atoms with Crippen LogP contribution < -0.4 is 0 Å². The highest BCUT2D eigenvalue weighted by Gasteiger charge is 2.35. The monoisotopic (exact) mass is 470 g/mol. The normalized spacial score (nSPS) is 12.3. The maximum Gasteiger partial charge on any atom is 0.510 e. The highest BCUT2D eigenvalue weighted by Crippen LogP contribution is 2.50. The number of methoxy groups -OCH3 is 1. The maximum absolute atomic E-state index is 13.1. The molecule has 0 aromatic heterocycles. The third-order valence-electron chi connectivity index (χ3n) is 3.34. The Balaban J connectivity index is 5.16. The van der Waals surface area contributed by atoms with Gasteiger partial charge in [0.1, 0.15) is 5.78 Å². The van der Waals surface area contributed by atoms with Gasteiger partial charge in [-0.15, -0.1) is 0 Å². The molecule has 0 spiro atoms. The minimum Gasteiger partial charge on any atom is -0.469 e. The van der Waals surface area contributed by atoms with Gasteiger partial charge in [0.05, 0.1) is 31.4 Å². The van der Waals surface area contributed by atoms with Crippen molar-refractivity contribution in [2.75, 3.05) is 26.9 Å². The van der Waals surface area contributed by atoms with Crippen LogP contribution in [0.3, 0.4) is 0 Å². The van der Waals surface area contributed by atoms with Crippen molar-refractivity contribution in [3.05, 3.63) is 0 Å². The van der Waals surface area contributed by atoms with Crippen molar-refractivity contribution in [2.24, 2.45) is 5.92 Å². The van der Waals surface area contributed by atoms with Gasteiger partial charge in [0, 0.05) is 6.42 Å². The Morgan fingerprint density at radius 3 is 1.65 bits per heavy atom. The summed E-state index contributed by atoms with van der Waals surface area (Å²) < 4.78 is 46.7. The van der Waals surface area contributed by atoms with Crippen molar-refractivity contribution in [1.29, 1.82) is 0 Å². The fourth-order valence-corrected chi connectivity index (χ4v) is 3.59. The Morgan fingerprint density at radius 2 is 1.29 bits per heavy atom. The molecule has 0 rings (SSSR count). The van der Waals surface area contributed by atoms with Crippen molar-refractivity contribution in [2.45, 2.75) is 59.7 Å². The largest absolute Gasteiger partial charge is 0.510 e. The van der Waals surface area contributed by atoms with Crippen LogP contribution in [0.2, 0.25) is 0 Å². The second-order valence-corrected chi connectivity index (χ2v) is 8.97.